The molecular formula is C15H17BrN2O. The monoisotopic (exact) mass is 320 g/mol. The number of nitrogens with one attached hydrogen (secondary N) is 1. The molecule has 0 radical (unpaired) electrons. The predicted octanol–water partition coefficient (Wildman–Crippen LogP) is 3.45. The van der Waals surface area contributed by atoms with E-state index in [0.717, 1.165) is 22.3 Å². The van der Waals surface area contributed by atoms with Crippen molar-refractivity contribution in [3.63, 3.8) is 0 Å². The molecule has 0 spiro atoms. The molecule has 0 aliphatic rings. The van der Waals surface area contributed by atoms with Gasteiger partial charge >= 0.3 is 0 Å². The van der Waals surface area contributed by atoms with Gasteiger partial charge in [-0.3, -0.25) is 0 Å². The smallest absolute Gasteiger partial charge is 0.214 e. The highest BCUT2D eigenvalue weighted by molar-refractivity contribution is 9.10. The number of ether oxygens (including phenoxy) is 1. The third kappa shape index (κ3) is 4.04. The molecule has 0 atom stereocenters. The van der Waals surface area contributed by atoms with E-state index in [9.17, 15) is 0 Å². The van der Waals surface area contributed by atoms with Crippen LogP contribution in [0, 0.1) is 6.92 Å². The van der Waals surface area contributed by atoms with Crippen LogP contribution in [0.5, 0.6) is 5.88 Å². The summed E-state index contributed by atoms with van der Waals surface area (Å²) in [4.78, 5) is 4.40. The molecule has 2 aromatic rings. The topological polar surface area (TPSA) is 34.2 Å². The molecule has 0 unspecified atom stereocenters. The zero-order valence-corrected chi connectivity index (χ0v) is 12.7. The van der Waals surface area contributed by atoms with E-state index in [2.05, 4.69) is 32.3 Å². The summed E-state index contributed by atoms with van der Waals surface area (Å²) < 4.78 is 6.83. The molecular weight excluding hydrogens is 304 g/mol. The molecule has 100 valence electrons. The third-order valence-corrected chi connectivity index (χ3v) is 3.48. The summed E-state index contributed by atoms with van der Waals surface area (Å²) in [7, 11) is 1.93. The summed E-state index contributed by atoms with van der Waals surface area (Å²) in [6.07, 6.45) is 0. The van der Waals surface area contributed by atoms with Gasteiger partial charge in [0.15, 0.2) is 0 Å². The van der Waals surface area contributed by atoms with Crippen molar-refractivity contribution in [1.29, 1.82) is 0 Å². The maximum absolute atomic E-state index is 5.77. The van der Waals surface area contributed by atoms with Crippen LogP contribution in [0.1, 0.15) is 16.8 Å². The zero-order chi connectivity index (χ0) is 13.7. The number of halogens is 1. The van der Waals surface area contributed by atoms with E-state index in [1.807, 2.05) is 44.3 Å². The van der Waals surface area contributed by atoms with Gasteiger partial charge in [0.25, 0.3) is 0 Å². The van der Waals surface area contributed by atoms with E-state index in [1.165, 1.54) is 5.56 Å². The van der Waals surface area contributed by atoms with Crippen LogP contribution in [0.4, 0.5) is 0 Å². The lowest BCUT2D eigenvalue weighted by Gasteiger charge is -2.09. The van der Waals surface area contributed by atoms with Crippen LogP contribution in [0.25, 0.3) is 0 Å². The highest BCUT2D eigenvalue weighted by Crippen LogP contribution is 2.19. The van der Waals surface area contributed by atoms with Gasteiger partial charge in [0.05, 0.1) is 0 Å². The first kappa shape index (κ1) is 14.0. The lowest BCUT2D eigenvalue weighted by Crippen LogP contribution is -2.06. The van der Waals surface area contributed by atoms with E-state index >= 15 is 0 Å². The van der Waals surface area contributed by atoms with Crippen molar-refractivity contribution < 1.29 is 4.74 Å². The number of aromatic nitrogens is 1. The second-order valence-corrected chi connectivity index (χ2v) is 5.22. The molecule has 2 rings (SSSR count). The van der Waals surface area contributed by atoms with Crippen molar-refractivity contribution in [1.82, 2.24) is 10.3 Å². The number of nitrogens with zero attached hydrogens (tertiary/aromatic N) is 1. The van der Waals surface area contributed by atoms with Crippen molar-refractivity contribution in [3.05, 3.63) is 57.7 Å². The Balaban J connectivity index is 2.09. The molecule has 0 fully saturated rings. The molecule has 0 amide bonds. The maximum Gasteiger partial charge on any atom is 0.214 e. The van der Waals surface area contributed by atoms with E-state index in [4.69, 9.17) is 4.74 Å². The third-order valence-electron chi connectivity index (χ3n) is 2.70. The minimum atomic E-state index is 0.511. The first-order chi connectivity index (χ1) is 9.19. The van der Waals surface area contributed by atoms with Crippen molar-refractivity contribution in [2.24, 2.45) is 0 Å². The molecule has 3 nitrogen and oxygen atoms in total. The second-order valence-electron chi connectivity index (χ2n) is 4.37. The summed E-state index contributed by atoms with van der Waals surface area (Å²) in [5, 5.41) is 3.13. The van der Waals surface area contributed by atoms with Gasteiger partial charge in [0.2, 0.25) is 5.88 Å². The molecule has 19 heavy (non-hydrogen) atoms. The fourth-order valence-corrected chi connectivity index (χ4v) is 2.25. The van der Waals surface area contributed by atoms with Crippen molar-refractivity contribution in [2.75, 3.05) is 7.05 Å². The lowest BCUT2D eigenvalue weighted by molar-refractivity contribution is 0.292. The molecule has 0 aliphatic heterocycles. The second kappa shape index (κ2) is 6.68. The van der Waals surface area contributed by atoms with Gasteiger partial charge in [-0.1, -0.05) is 34.1 Å². The molecule has 1 N–H and O–H groups in total. The van der Waals surface area contributed by atoms with E-state index in [0.29, 0.717) is 12.5 Å². The van der Waals surface area contributed by atoms with Gasteiger partial charge < -0.3 is 10.1 Å². The van der Waals surface area contributed by atoms with Crippen LogP contribution in [0.15, 0.2) is 40.9 Å². The standard InChI is InChI=1S/C15H17BrN2O/c1-11-7-12(9-17-2)8-15(18-11)19-10-13-5-3-4-6-14(13)16/h3-8,17H,9-10H2,1-2H3. The number of aryl methyl sites for hydroxylation is 1. The molecule has 0 aliphatic carbocycles. The fourth-order valence-electron chi connectivity index (χ4n) is 1.85. The van der Waals surface area contributed by atoms with Crippen LogP contribution < -0.4 is 10.1 Å². The number of pyridine rings is 1. The Hall–Kier alpha value is -1.39. The van der Waals surface area contributed by atoms with Crippen LogP contribution in [0.3, 0.4) is 0 Å². The Kier molecular flexibility index (Phi) is 4.93. The van der Waals surface area contributed by atoms with Crippen molar-refractivity contribution in [3.8, 4) is 5.88 Å². The molecule has 1 aromatic heterocycles. The Bertz CT molecular complexity index is 558. The minimum absolute atomic E-state index is 0.511. The van der Waals surface area contributed by atoms with E-state index < -0.39 is 0 Å². The van der Waals surface area contributed by atoms with Crippen molar-refractivity contribution >= 4 is 15.9 Å². The maximum atomic E-state index is 5.77. The summed E-state index contributed by atoms with van der Waals surface area (Å²) in [6, 6.07) is 12.1. The normalized spacial score (nSPS) is 10.5. The average molecular weight is 321 g/mol. The van der Waals surface area contributed by atoms with Gasteiger partial charge in [0.1, 0.15) is 6.61 Å². The van der Waals surface area contributed by atoms with Crippen LogP contribution in [-0.2, 0) is 13.2 Å². The molecule has 1 heterocycles. The summed E-state index contributed by atoms with van der Waals surface area (Å²) >= 11 is 3.51. The lowest BCUT2D eigenvalue weighted by atomic mass is 10.2. The molecule has 0 saturated carbocycles. The fraction of sp³-hybridized carbons (Fsp3) is 0.267. The highest BCUT2D eigenvalue weighted by Gasteiger charge is 2.03. The quantitative estimate of drug-likeness (QED) is 0.916. The van der Waals surface area contributed by atoms with Crippen LogP contribution in [0.2, 0.25) is 0 Å². The van der Waals surface area contributed by atoms with E-state index in [1.54, 1.807) is 0 Å². The summed E-state index contributed by atoms with van der Waals surface area (Å²) in [5.41, 5.74) is 3.26. The number of rotatable bonds is 5. The van der Waals surface area contributed by atoms with Crippen LogP contribution >= 0.6 is 15.9 Å². The summed E-state index contributed by atoms with van der Waals surface area (Å²) in [5.74, 6) is 0.668. The van der Waals surface area contributed by atoms with Gasteiger partial charge in [0, 0.05) is 28.3 Å². The van der Waals surface area contributed by atoms with Gasteiger partial charge in [-0.2, -0.15) is 0 Å². The van der Waals surface area contributed by atoms with Gasteiger partial charge in [-0.05, 0) is 31.7 Å². The molecule has 0 bridgehead atoms. The first-order valence-electron chi connectivity index (χ1n) is 6.17. The van der Waals surface area contributed by atoms with Crippen LogP contribution in [-0.4, -0.2) is 12.0 Å². The first-order valence-corrected chi connectivity index (χ1v) is 6.96. The minimum Gasteiger partial charge on any atom is -0.473 e. The zero-order valence-electron chi connectivity index (χ0n) is 11.1. The number of hydrogen-bond donors (Lipinski definition) is 1. The average Bonchev–Trinajstić information content (AvgIpc) is 2.37. The molecule has 1 aromatic carbocycles. The number of hydrogen-bond acceptors (Lipinski definition) is 3. The molecule has 0 saturated heterocycles. The largest absolute Gasteiger partial charge is 0.473 e. The molecule has 4 heteroatoms. The Morgan fingerprint density at radius 2 is 2.05 bits per heavy atom. The Morgan fingerprint density at radius 3 is 2.79 bits per heavy atom. The van der Waals surface area contributed by atoms with E-state index in [-0.39, 0.29) is 0 Å². The van der Waals surface area contributed by atoms with Gasteiger partial charge in [-0.25, -0.2) is 4.98 Å². The number of benzene rings is 1. The van der Waals surface area contributed by atoms with Gasteiger partial charge in [-0.15, -0.1) is 0 Å². The Labute approximate surface area is 122 Å². The predicted molar refractivity (Wildman–Crippen MR) is 80.2 cm³/mol. The highest BCUT2D eigenvalue weighted by atomic mass is 79.9. The summed E-state index contributed by atoms with van der Waals surface area (Å²) in [6.45, 7) is 3.30. The van der Waals surface area contributed by atoms with Crippen molar-refractivity contribution in [2.45, 2.75) is 20.1 Å². The SMILES string of the molecule is CNCc1cc(C)nc(OCc2ccccc2Br)c1. The Morgan fingerprint density at radius 1 is 1.26 bits per heavy atom.